The second-order valence-electron chi connectivity index (χ2n) is 7.74. The number of hydrogen-bond donors (Lipinski definition) is 1. The third-order valence-electron chi connectivity index (χ3n) is 4.06. The molecule has 0 bridgehead atoms. The van der Waals surface area contributed by atoms with Crippen LogP contribution in [-0.2, 0) is 25.5 Å². The summed E-state index contributed by atoms with van der Waals surface area (Å²) in [5.74, 6) is -0.484. The Bertz CT molecular complexity index is 825. The predicted molar refractivity (Wildman–Crippen MR) is 110 cm³/mol. The Hall–Kier alpha value is -3.15. The fourth-order valence-corrected chi connectivity index (χ4v) is 2.64. The molecule has 0 spiro atoms. The van der Waals surface area contributed by atoms with Crippen molar-refractivity contribution < 1.29 is 23.9 Å². The standard InChI is InChI=1S/C23H27NO5/c1-16(20(15-25)24-22(27)29-23(2,3)4)28-21(26)14-17-10-12-19(13-11-17)18-8-6-5-7-9-18/h5-13,15-16,20H,14H2,1-4H3,(H,24,27). The van der Waals surface area contributed by atoms with Crippen molar-refractivity contribution in [2.75, 3.05) is 0 Å². The van der Waals surface area contributed by atoms with E-state index >= 15 is 0 Å². The number of rotatable bonds is 7. The minimum Gasteiger partial charge on any atom is -0.460 e. The lowest BCUT2D eigenvalue weighted by Crippen LogP contribution is -2.47. The van der Waals surface area contributed by atoms with E-state index in [0.29, 0.717) is 6.29 Å². The summed E-state index contributed by atoms with van der Waals surface area (Å²) in [6, 6.07) is 16.6. The number of nitrogens with one attached hydrogen (secondary N) is 1. The number of carbonyl (C=O) groups is 3. The largest absolute Gasteiger partial charge is 0.460 e. The smallest absolute Gasteiger partial charge is 0.408 e. The van der Waals surface area contributed by atoms with E-state index in [1.807, 2.05) is 54.6 Å². The van der Waals surface area contributed by atoms with Crippen LogP contribution in [0.3, 0.4) is 0 Å². The molecule has 154 valence electrons. The summed E-state index contributed by atoms with van der Waals surface area (Å²) in [6.45, 7) is 6.70. The maximum Gasteiger partial charge on any atom is 0.408 e. The maximum absolute atomic E-state index is 12.2. The van der Waals surface area contributed by atoms with Gasteiger partial charge < -0.3 is 19.6 Å². The van der Waals surface area contributed by atoms with Gasteiger partial charge in [0.05, 0.1) is 6.42 Å². The molecule has 0 aromatic heterocycles. The van der Waals surface area contributed by atoms with Crippen molar-refractivity contribution in [3.05, 3.63) is 60.2 Å². The molecular formula is C23H27NO5. The second-order valence-corrected chi connectivity index (χ2v) is 7.74. The van der Waals surface area contributed by atoms with Crippen molar-refractivity contribution >= 4 is 18.3 Å². The van der Waals surface area contributed by atoms with E-state index in [-0.39, 0.29) is 6.42 Å². The van der Waals surface area contributed by atoms with Gasteiger partial charge in [-0.05, 0) is 44.4 Å². The van der Waals surface area contributed by atoms with Gasteiger partial charge in [0.15, 0.2) is 0 Å². The average molecular weight is 397 g/mol. The minimum absolute atomic E-state index is 0.0669. The molecule has 6 heteroatoms. The lowest BCUT2D eigenvalue weighted by molar-refractivity contribution is -0.149. The van der Waals surface area contributed by atoms with E-state index < -0.39 is 29.8 Å². The first-order valence-electron chi connectivity index (χ1n) is 9.46. The van der Waals surface area contributed by atoms with Gasteiger partial charge in [0.2, 0.25) is 0 Å². The number of hydrogen-bond acceptors (Lipinski definition) is 5. The molecule has 1 N–H and O–H groups in total. The third-order valence-corrected chi connectivity index (χ3v) is 4.06. The molecular weight excluding hydrogens is 370 g/mol. The Balaban J connectivity index is 1.90. The molecule has 1 amide bonds. The van der Waals surface area contributed by atoms with Crippen LogP contribution in [0.15, 0.2) is 54.6 Å². The highest BCUT2D eigenvalue weighted by Gasteiger charge is 2.25. The molecule has 0 aliphatic heterocycles. The topological polar surface area (TPSA) is 81.7 Å². The van der Waals surface area contributed by atoms with Crippen LogP contribution in [0.5, 0.6) is 0 Å². The van der Waals surface area contributed by atoms with E-state index in [0.717, 1.165) is 16.7 Å². The fourth-order valence-electron chi connectivity index (χ4n) is 2.64. The van der Waals surface area contributed by atoms with Crippen LogP contribution < -0.4 is 5.32 Å². The molecule has 0 aliphatic carbocycles. The van der Waals surface area contributed by atoms with E-state index in [1.54, 1.807) is 27.7 Å². The first kappa shape index (κ1) is 22.1. The van der Waals surface area contributed by atoms with Gasteiger partial charge in [0, 0.05) is 0 Å². The zero-order valence-electron chi connectivity index (χ0n) is 17.2. The number of carbonyl (C=O) groups excluding carboxylic acids is 3. The van der Waals surface area contributed by atoms with E-state index in [9.17, 15) is 14.4 Å². The second kappa shape index (κ2) is 9.87. The normalized spacial score (nSPS) is 13.1. The van der Waals surface area contributed by atoms with E-state index in [4.69, 9.17) is 9.47 Å². The summed E-state index contributed by atoms with van der Waals surface area (Å²) >= 11 is 0. The number of ether oxygens (including phenoxy) is 2. The Morgan fingerprint density at radius 3 is 2.14 bits per heavy atom. The van der Waals surface area contributed by atoms with Crippen molar-refractivity contribution in [3.8, 4) is 11.1 Å². The average Bonchev–Trinajstić information content (AvgIpc) is 2.65. The van der Waals surface area contributed by atoms with Crippen LogP contribution in [0.2, 0.25) is 0 Å². The van der Waals surface area contributed by atoms with Gasteiger partial charge >= 0.3 is 12.1 Å². The zero-order chi connectivity index (χ0) is 21.4. The van der Waals surface area contributed by atoms with Crippen molar-refractivity contribution in [1.82, 2.24) is 5.32 Å². The summed E-state index contributed by atoms with van der Waals surface area (Å²) in [7, 11) is 0. The molecule has 6 nitrogen and oxygen atoms in total. The molecule has 0 aliphatic rings. The van der Waals surface area contributed by atoms with Crippen LogP contribution in [0.1, 0.15) is 33.3 Å². The quantitative estimate of drug-likeness (QED) is 0.566. The zero-order valence-corrected chi connectivity index (χ0v) is 17.2. The van der Waals surface area contributed by atoms with Crippen molar-refractivity contribution in [2.24, 2.45) is 0 Å². The monoisotopic (exact) mass is 397 g/mol. The van der Waals surface area contributed by atoms with Crippen molar-refractivity contribution in [2.45, 2.75) is 51.9 Å². The lowest BCUT2D eigenvalue weighted by Gasteiger charge is -2.24. The first-order valence-corrected chi connectivity index (χ1v) is 9.46. The molecule has 2 aromatic rings. The highest BCUT2D eigenvalue weighted by molar-refractivity contribution is 5.76. The molecule has 2 rings (SSSR count). The van der Waals surface area contributed by atoms with E-state index in [2.05, 4.69) is 5.32 Å². The fraction of sp³-hybridized carbons (Fsp3) is 0.348. The third kappa shape index (κ3) is 7.41. The number of esters is 1. The minimum atomic E-state index is -0.991. The summed E-state index contributed by atoms with van der Waals surface area (Å²) < 4.78 is 10.4. The summed E-state index contributed by atoms with van der Waals surface area (Å²) in [5.41, 5.74) is 2.25. The predicted octanol–water partition coefficient (Wildman–Crippen LogP) is 3.92. The van der Waals surface area contributed by atoms with E-state index in [1.165, 1.54) is 0 Å². The van der Waals surface area contributed by atoms with Gasteiger partial charge in [-0.3, -0.25) is 4.79 Å². The summed E-state index contributed by atoms with van der Waals surface area (Å²) in [6.07, 6.45) is -0.973. The van der Waals surface area contributed by atoms with Crippen LogP contribution in [-0.4, -0.2) is 36.1 Å². The van der Waals surface area contributed by atoms with Crippen LogP contribution >= 0.6 is 0 Å². The molecule has 0 saturated carbocycles. The highest BCUT2D eigenvalue weighted by atomic mass is 16.6. The van der Waals surface area contributed by atoms with Crippen LogP contribution in [0.25, 0.3) is 11.1 Å². The van der Waals surface area contributed by atoms with Gasteiger partial charge in [0.25, 0.3) is 0 Å². The lowest BCUT2D eigenvalue weighted by atomic mass is 10.0. The van der Waals surface area contributed by atoms with Gasteiger partial charge in [-0.1, -0.05) is 54.6 Å². The number of aldehydes is 1. The molecule has 2 aromatic carbocycles. The molecule has 2 atom stereocenters. The molecule has 0 heterocycles. The number of alkyl carbamates (subject to hydrolysis) is 1. The molecule has 2 unspecified atom stereocenters. The molecule has 0 saturated heterocycles. The Labute approximate surface area is 171 Å². The molecule has 29 heavy (non-hydrogen) atoms. The van der Waals surface area contributed by atoms with Gasteiger partial charge in [-0.2, -0.15) is 0 Å². The Morgan fingerprint density at radius 1 is 1.00 bits per heavy atom. The van der Waals surface area contributed by atoms with Crippen LogP contribution in [0, 0.1) is 0 Å². The van der Waals surface area contributed by atoms with Gasteiger partial charge in [0.1, 0.15) is 24.0 Å². The Kier molecular flexibility index (Phi) is 7.53. The van der Waals surface area contributed by atoms with Gasteiger partial charge in [-0.15, -0.1) is 0 Å². The summed E-state index contributed by atoms with van der Waals surface area (Å²) in [4.78, 5) is 35.4. The van der Waals surface area contributed by atoms with Gasteiger partial charge in [-0.25, -0.2) is 4.79 Å². The SMILES string of the molecule is CC(OC(=O)Cc1ccc(-c2ccccc2)cc1)C(C=O)NC(=O)OC(C)(C)C. The van der Waals surface area contributed by atoms with Crippen molar-refractivity contribution in [3.63, 3.8) is 0 Å². The molecule has 0 radical (unpaired) electrons. The maximum atomic E-state index is 12.2. The molecule has 0 fully saturated rings. The van der Waals surface area contributed by atoms with Crippen molar-refractivity contribution in [1.29, 1.82) is 0 Å². The number of benzene rings is 2. The summed E-state index contributed by atoms with van der Waals surface area (Å²) in [5, 5.41) is 2.41. The first-order chi connectivity index (χ1) is 13.7. The number of amides is 1. The van der Waals surface area contributed by atoms with Crippen LogP contribution in [0.4, 0.5) is 4.79 Å². The Morgan fingerprint density at radius 2 is 1.59 bits per heavy atom. The highest BCUT2D eigenvalue weighted by Crippen LogP contribution is 2.19.